The maximum absolute atomic E-state index is 6.08. The number of hydrogen-bond acceptors (Lipinski definition) is 3. The first kappa shape index (κ1) is 12.8. The Balaban J connectivity index is 1.88. The molecule has 4 heteroatoms. The summed E-state index contributed by atoms with van der Waals surface area (Å²) in [7, 11) is 1.69. The molecule has 1 heterocycles. The number of benzene rings is 1. The summed E-state index contributed by atoms with van der Waals surface area (Å²) >= 11 is 7.88. The number of thiophene rings is 1. The highest BCUT2D eigenvalue weighted by Crippen LogP contribution is 2.45. The quantitative estimate of drug-likeness (QED) is 0.840. The maximum atomic E-state index is 6.08. The molecular formula is C15H16ClNOS. The molecule has 1 aromatic carbocycles. The lowest BCUT2D eigenvalue weighted by molar-refractivity contribution is 0.415. The third kappa shape index (κ3) is 2.88. The summed E-state index contributed by atoms with van der Waals surface area (Å²) in [6.45, 7) is 0. The van der Waals surface area contributed by atoms with E-state index in [1.807, 2.05) is 18.2 Å². The Bertz CT molecular complexity index is 551. The van der Waals surface area contributed by atoms with Crippen LogP contribution in [-0.4, -0.2) is 7.11 Å². The van der Waals surface area contributed by atoms with E-state index in [0.29, 0.717) is 6.04 Å². The van der Waals surface area contributed by atoms with Gasteiger partial charge in [-0.3, -0.25) is 0 Å². The molecule has 1 fully saturated rings. The summed E-state index contributed by atoms with van der Waals surface area (Å²) < 4.78 is 5.40. The third-order valence-corrected chi connectivity index (χ3v) is 4.61. The van der Waals surface area contributed by atoms with Gasteiger partial charge in [-0.1, -0.05) is 17.7 Å². The van der Waals surface area contributed by atoms with E-state index in [2.05, 4.69) is 22.8 Å². The fourth-order valence-electron chi connectivity index (χ4n) is 2.28. The minimum absolute atomic E-state index is 0.368. The minimum atomic E-state index is 0.368. The lowest BCUT2D eigenvalue weighted by atomic mass is 10.1. The molecule has 1 aliphatic rings. The van der Waals surface area contributed by atoms with E-state index in [4.69, 9.17) is 16.3 Å². The highest BCUT2D eigenvalue weighted by atomic mass is 35.5. The Morgan fingerprint density at radius 2 is 2.21 bits per heavy atom. The van der Waals surface area contributed by atoms with Crippen LogP contribution in [0.15, 0.2) is 35.7 Å². The van der Waals surface area contributed by atoms with Crippen molar-refractivity contribution in [1.29, 1.82) is 0 Å². The second kappa shape index (κ2) is 5.43. The standard InChI is InChI=1S/C15H16ClNOS/c1-18-13-7-6-11(16)9-12(13)17-15(10-4-5-10)14-3-2-8-19-14/h2-3,6-10,15,17H,4-5H2,1H3. The van der Waals surface area contributed by atoms with E-state index in [9.17, 15) is 0 Å². The third-order valence-electron chi connectivity index (χ3n) is 3.42. The molecule has 1 atom stereocenters. The van der Waals surface area contributed by atoms with Crippen LogP contribution in [0.5, 0.6) is 5.75 Å². The lowest BCUT2D eigenvalue weighted by Crippen LogP contribution is -2.12. The molecular weight excluding hydrogens is 278 g/mol. The van der Waals surface area contributed by atoms with Gasteiger partial charge in [-0.2, -0.15) is 0 Å². The molecule has 1 aromatic heterocycles. The molecule has 2 aromatic rings. The topological polar surface area (TPSA) is 21.3 Å². The van der Waals surface area contributed by atoms with Crippen molar-refractivity contribution in [2.24, 2.45) is 5.92 Å². The Morgan fingerprint density at radius 3 is 2.84 bits per heavy atom. The van der Waals surface area contributed by atoms with Crippen LogP contribution in [0.1, 0.15) is 23.8 Å². The maximum Gasteiger partial charge on any atom is 0.142 e. The number of anilines is 1. The van der Waals surface area contributed by atoms with Crippen LogP contribution in [0.4, 0.5) is 5.69 Å². The van der Waals surface area contributed by atoms with Crippen molar-refractivity contribution in [1.82, 2.24) is 0 Å². The van der Waals surface area contributed by atoms with Crippen LogP contribution in [0.3, 0.4) is 0 Å². The molecule has 0 aliphatic heterocycles. The Labute approximate surface area is 122 Å². The number of nitrogens with one attached hydrogen (secondary N) is 1. The van der Waals surface area contributed by atoms with Crippen molar-refractivity contribution in [3.05, 3.63) is 45.6 Å². The van der Waals surface area contributed by atoms with E-state index in [1.165, 1.54) is 17.7 Å². The number of halogens is 1. The SMILES string of the molecule is COc1ccc(Cl)cc1NC(c1cccs1)C1CC1. The van der Waals surface area contributed by atoms with Crippen molar-refractivity contribution >= 4 is 28.6 Å². The van der Waals surface area contributed by atoms with Crippen LogP contribution in [0, 0.1) is 5.92 Å². The summed E-state index contributed by atoms with van der Waals surface area (Å²) in [5.41, 5.74) is 0.973. The predicted octanol–water partition coefficient (Wildman–Crippen LogP) is 4.97. The van der Waals surface area contributed by atoms with E-state index >= 15 is 0 Å². The molecule has 0 saturated heterocycles. The fraction of sp³-hybridized carbons (Fsp3) is 0.333. The van der Waals surface area contributed by atoms with Crippen molar-refractivity contribution in [3.63, 3.8) is 0 Å². The van der Waals surface area contributed by atoms with Gasteiger partial charge in [0.25, 0.3) is 0 Å². The highest BCUT2D eigenvalue weighted by molar-refractivity contribution is 7.10. The zero-order valence-corrected chi connectivity index (χ0v) is 12.3. The normalized spacial score (nSPS) is 16.1. The van der Waals surface area contributed by atoms with Crippen LogP contribution in [0.25, 0.3) is 0 Å². The number of methoxy groups -OCH3 is 1. The molecule has 0 bridgehead atoms. The molecule has 0 spiro atoms. The molecule has 0 amide bonds. The lowest BCUT2D eigenvalue weighted by Gasteiger charge is -2.20. The molecule has 1 unspecified atom stereocenters. The van der Waals surface area contributed by atoms with E-state index < -0.39 is 0 Å². The van der Waals surface area contributed by atoms with Gasteiger partial charge in [0.15, 0.2) is 0 Å². The Morgan fingerprint density at radius 1 is 1.37 bits per heavy atom. The second-order valence-electron chi connectivity index (χ2n) is 4.82. The fourth-order valence-corrected chi connectivity index (χ4v) is 3.32. The number of rotatable bonds is 5. The first-order valence-corrected chi connectivity index (χ1v) is 7.67. The Kier molecular flexibility index (Phi) is 3.67. The molecule has 0 radical (unpaired) electrons. The molecule has 3 rings (SSSR count). The van der Waals surface area contributed by atoms with Crippen LogP contribution in [-0.2, 0) is 0 Å². The van der Waals surface area contributed by atoms with Crippen molar-refractivity contribution in [3.8, 4) is 5.75 Å². The molecule has 100 valence electrons. The van der Waals surface area contributed by atoms with Gasteiger partial charge in [-0.05, 0) is 48.4 Å². The first-order chi connectivity index (χ1) is 9.28. The van der Waals surface area contributed by atoms with Gasteiger partial charge >= 0.3 is 0 Å². The molecule has 19 heavy (non-hydrogen) atoms. The number of hydrogen-bond donors (Lipinski definition) is 1. The van der Waals surface area contributed by atoms with E-state index in [-0.39, 0.29) is 0 Å². The van der Waals surface area contributed by atoms with Crippen molar-refractivity contribution < 1.29 is 4.74 Å². The van der Waals surface area contributed by atoms with Crippen LogP contribution < -0.4 is 10.1 Å². The first-order valence-electron chi connectivity index (χ1n) is 6.41. The average molecular weight is 294 g/mol. The number of ether oxygens (including phenoxy) is 1. The monoisotopic (exact) mass is 293 g/mol. The zero-order chi connectivity index (χ0) is 13.2. The molecule has 1 saturated carbocycles. The summed E-state index contributed by atoms with van der Waals surface area (Å²) in [5, 5.41) is 6.46. The predicted molar refractivity (Wildman–Crippen MR) is 81.4 cm³/mol. The molecule has 1 N–H and O–H groups in total. The van der Waals surface area contributed by atoms with Gasteiger partial charge in [-0.25, -0.2) is 0 Å². The average Bonchev–Trinajstić information content (AvgIpc) is 3.11. The van der Waals surface area contributed by atoms with Gasteiger partial charge in [0, 0.05) is 9.90 Å². The summed E-state index contributed by atoms with van der Waals surface area (Å²) in [5.74, 6) is 1.56. The van der Waals surface area contributed by atoms with Gasteiger partial charge in [0.2, 0.25) is 0 Å². The van der Waals surface area contributed by atoms with E-state index in [0.717, 1.165) is 22.4 Å². The summed E-state index contributed by atoms with van der Waals surface area (Å²) in [6, 6.07) is 10.4. The van der Waals surface area contributed by atoms with E-state index in [1.54, 1.807) is 18.4 Å². The van der Waals surface area contributed by atoms with Gasteiger partial charge in [0.1, 0.15) is 5.75 Å². The van der Waals surface area contributed by atoms with Crippen molar-refractivity contribution in [2.45, 2.75) is 18.9 Å². The van der Waals surface area contributed by atoms with Gasteiger partial charge in [0.05, 0.1) is 18.8 Å². The highest BCUT2D eigenvalue weighted by Gasteiger charge is 2.33. The van der Waals surface area contributed by atoms with Gasteiger partial charge < -0.3 is 10.1 Å². The summed E-state index contributed by atoms with van der Waals surface area (Å²) in [6.07, 6.45) is 2.58. The Hall–Kier alpha value is -1.19. The molecule has 2 nitrogen and oxygen atoms in total. The van der Waals surface area contributed by atoms with Crippen LogP contribution >= 0.6 is 22.9 Å². The zero-order valence-electron chi connectivity index (χ0n) is 10.7. The molecule has 1 aliphatic carbocycles. The van der Waals surface area contributed by atoms with Crippen molar-refractivity contribution in [2.75, 3.05) is 12.4 Å². The second-order valence-corrected chi connectivity index (χ2v) is 6.24. The summed E-state index contributed by atoms with van der Waals surface area (Å²) in [4.78, 5) is 1.38. The van der Waals surface area contributed by atoms with Crippen LogP contribution in [0.2, 0.25) is 5.02 Å². The smallest absolute Gasteiger partial charge is 0.142 e. The van der Waals surface area contributed by atoms with Gasteiger partial charge in [-0.15, -0.1) is 11.3 Å². The largest absolute Gasteiger partial charge is 0.495 e. The minimum Gasteiger partial charge on any atom is -0.495 e.